The van der Waals surface area contributed by atoms with E-state index in [4.69, 9.17) is 9.47 Å². The molecule has 3 nitrogen and oxygen atoms in total. The van der Waals surface area contributed by atoms with Crippen molar-refractivity contribution in [3.63, 3.8) is 0 Å². The summed E-state index contributed by atoms with van der Waals surface area (Å²) in [5, 5.41) is 0. The van der Waals surface area contributed by atoms with Crippen molar-refractivity contribution in [3.05, 3.63) is 11.8 Å². The van der Waals surface area contributed by atoms with Crippen LogP contribution in [0.4, 0.5) is 0 Å². The van der Waals surface area contributed by atoms with Crippen LogP contribution in [0.1, 0.15) is 19.8 Å². The number of carbonyl (C=O) groups excluding carboxylic acids is 1. The summed E-state index contributed by atoms with van der Waals surface area (Å²) in [7, 11) is 0. The molecule has 0 aromatic rings. The van der Waals surface area contributed by atoms with Crippen molar-refractivity contribution in [2.24, 2.45) is 5.92 Å². The number of ketones is 1. The Morgan fingerprint density at radius 2 is 2.38 bits per heavy atom. The number of Topliss-reactive ketones (excluding diaryl/α,β-unsaturated/α-hetero) is 1. The predicted octanol–water partition coefficient (Wildman–Crippen LogP) is 1.28. The summed E-state index contributed by atoms with van der Waals surface area (Å²) in [5.41, 5.74) is 0. The Balaban J connectivity index is 2.07. The molecule has 0 N–H and O–H groups in total. The van der Waals surface area contributed by atoms with Gasteiger partial charge in [0.05, 0.1) is 6.61 Å². The van der Waals surface area contributed by atoms with Crippen LogP contribution in [0.25, 0.3) is 0 Å². The van der Waals surface area contributed by atoms with Gasteiger partial charge in [0.1, 0.15) is 24.3 Å². The molecule has 2 unspecified atom stereocenters. The molecular weight excluding hydrogens is 168 g/mol. The lowest BCUT2D eigenvalue weighted by atomic mass is 9.88. The Hall–Kier alpha value is -0.830. The highest BCUT2D eigenvalue weighted by molar-refractivity contribution is 5.78. The van der Waals surface area contributed by atoms with Crippen LogP contribution in [-0.4, -0.2) is 25.1 Å². The number of allylic oxidation sites excluding steroid dienone is 1. The first-order chi connectivity index (χ1) is 6.27. The average molecular weight is 182 g/mol. The zero-order valence-electron chi connectivity index (χ0n) is 7.79. The molecule has 0 aromatic heterocycles. The number of hydrogen-bond acceptors (Lipinski definition) is 3. The summed E-state index contributed by atoms with van der Waals surface area (Å²) < 4.78 is 11.0. The fraction of sp³-hybridized carbons (Fsp3) is 0.700. The van der Waals surface area contributed by atoms with E-state index >= 15 is 0 Å². The standard InChI is InChI=1S/C10H14O3/c1-7(11)8-2-3-9-10(6-8)13-5-4-12-9/h3,8,10H,2,4-6H2,1H3. The molecule has 1 fully saturated rings. The van der Waals surface area contributed by atoms with E-state index in [1.165, 1.54) is 0 Å². The molecule has 0 spiro atoms. The van der Waals surface area contributed by atoms with Gasteiger partial charge >= 0.3 is 0 Å². The van der Waals surface area contributed by atoms with Crippen molar-refractivity contribution >= 4 is 5.78 Å². The second kappa shape index (κ2) is 3.50. The number of carbonyl (C=O) groups is 1. The highest BCUT2D eigenvalue weighted by Gasteiger charge is 2.30. The van der Waals surface area contributed by atoms with Crippen molar-refractivity contribution in [1.29, 1.82) is 0 Å². The van der Waals surface area contributed by atoms with E-state index in [0.29, 0.717) is 13.2 Å². The second-order valence-electron chi connectivity index (χ2n) is 3.59. The Bertz CT molecular complexity index is 245. The first-order valence-electron chi connectivity index (χ1n) is 4.72. The maximum Gasteiger partial charge on any atom is 0.133 e. The third-order valence-electron chi connectivity index (χ3n) is 2.67. The number of rotatable bonds is 1. The monoisotopic (exact) mass is 182 g/mol. The van der Waals surface area contributed by atoms with Crippen molar-refractivity contribution < 1.29 is 14.3 Å². The lowest BCUT2D eigenvalue weighted by molar-refractivity contribution is -0.123. The fourth-order valence-corrected chi connectivity index (χ4v) is 1.84. The van der Waals surface area contributed by atoms with Gasteiger partial charge in [0.25, 0.3) is 0 Å². The third-order valence-corrected chi connectivity index (χ3v) is 2.67. The van der Waals surface area contributed by atoms with Crippen molar-refractivity contribution in [3.8, 4) is 0 Å². The van der Waals surface area contributed by atoms with Crippen LogP contribution < -0.4 is 0 Å². The minimum atomic E-state index is 0.0383. The van der Waals surface area contributed by atoms with Crippen molar-refractivity contribution in [2.75, 3.05) is 13.2 Å². The van der Waals surface area contributed by atoms with E-state index in [1.807, 2.05) is 6.08 Å². The average Bonchev–Trinajstić information content (AvgIpc) is 2.17. The van der Waals surface area contributed by atoms with Crippen LogP contribution in [0, 0.1) is 5.92 Å². The molecule has 13 heavy (non-hydrogen) atoms. The van der Waals surface area contributed by atoms with E-state index in [1.54, 1.807) is 6.92 Å². The number of ether oxygens (including phenoxy) is 2. The molecular formula is C10H14O3. The van der Waals surface area contributed by atoms with Crippen LogP contribution in [-0.2, 0) is 14.3 Å². The van der Waals surface area contributed by atoms with Crippen LogP contribution >= 0.6 is 0 Å². The van der Waals surface area contributed by atoms with Gasteiger partial charge in [-0.25, -0.2) is 0 Å². The van der Waals surface area contributed by atoms with Gasteiger partial charge in [0, 0.05) is 5.92 Å². The van der Waals surface area contributed by atoms with Gasteiger partial charge in [-0.1, -0.05) is 0 Å². The highest BCUT2D eigenvalue weighted by Crippen LogP contribution is 2.29. The Labute approximate surface area is 77.7 Å². The molecule has 1 heterocycles. The second-order valence-corrected chi connectivity index (χ2v) is 3.59. The highest BCUT2D eigenvalue weighted by atomic mass is 16.6. The van der Waals surface area contributed by atoms with Gasteiger partial charge in [0.15, 0.2) is 0 Å². The minimum Gasteiger partial charge on any atom is -0.493 e. The zero-order valence-corrected chi connectivity index (χ0v) is 7.79. The van der Waals surface area contributed by atoms with Crippen LogP contribution in [0.5, 0.6) is 0 Å². The van der Waals surface area contributed by atoms with E-state index in [9.17, 15) is 4.79 Å². The SMILES string of the molecule is CC(=O)C1CC=C2OCCOC2C1. The fourth-order valence-electron chi connectivity index (χ4n) is 1.84. The summed E-state index contributed by atoms with van der Waals surface area (Å²) >= 11 is 0. The summed E-state index contributed by atoms with van der Waals surface area (Å²) in [6, 6.07) is 0. The van der Waals surface area contributed by atoms with Gasteiger partial charge in [-0.05, 0) is 25.8 Å². The van der Waals surface area contributed by atoms with Crippen molar-refractivity contribution in [1.82, 2.24) is 0 Å². The maximum atomic E-state index is 11.1. The molecule has 2 rings (SSSR count). The van der Waals surface area contributed by atoms with Gasteiger partial charge in [-0.3, -0.25) is 4.79 Å². The molecule has 3 heteroatoms. The first kappa shape index (κ1) is 8.75. The van der Waals surface area contributed by atoms with Gasteiger partial charge in [-0.2, -0.15) is 0 Å². The largest absolute Gasteiger partial charge is 0.493 e. The lowest BCUT2D eigenvalue weighted by Gasteiger charge is -2.32. The molecule has 0 saturated carbocycles. The van der Waals surface area contributed by atoms with Gasteiger partial charge in [0.2, 0.25) is 0 Å². The normalized spacial score (nSPS) is 32.8. The van der Waals surface area contributed by atoms with Crippen LogP contribution in [0.3, 0.4) is 0 Å². The molecule has 2 aliphatic rings. The quantitative estimate of drug-likeness (QED) is 0.613. The summed E-state index contributed by atoms with van der Waals surface area (Å²) in [6.07, 6.45) is 3.64. The van der Waals surface area contributed by atoms with E-state index < -0.39 is 0 Å². The minimum absolute atomic E-state index is 0.0383. The molecule has 0 aromatic carbocycles. The lowest BCUT2D eigenvalue weighted by Crippen LogP contribution is -2.33. The smallest absolute Gasteiger partial charge is 0.133 e. The summed E-state index contributed by atoms with van der Waals surface area (Å²) in [6.45, 7) is 2.94. The van der Waals surface area contributed by atoms with E-state index in [-0.39, 0.29) is 17.8 Å². The topological polar surface area (TPSA) is 35.5 Å². The molecule has 2 atom stereocenters. The molecule has 1 saturated heterocycles. The van der Waals surface area contributed by atoms with Gasteiger partial charge in [-0.15, -0.1) is 0 Å². The third kappa shape index (κ3) is 1.75. The van der Waals surface area contributed by atoms with E-state index in [2.05, 4.69) is 0 Å². The predicted molar refractivity (Wildman–Crippen MR) is 47.2 cm³/mol. The molecule has 72 valence electrons. The summed E-state index contributed by atoms with van der Waals surface area (Å²) in [4.78, 5) is 11.1. The Morgan fingerprint density at radius 3 is 3.15 bits per heavy atom. The Kier molecular flexibility index (Phi) is 2.36. The Morgan fingerprint density at radius 1 is 1.54 bits per heavy atom. The molecule has 0 amide bonds. The maximum absolute atomic E-state index is 11.1. The molecule has 0 bridgehead atoms. The van der Waals surface area contributed by atoms with Gasteiger partial charge < -0.3 is 9.47 Å². The first-order valence-corrected chi connectivity index (χ1v) is 4.72. The molecule has 0 radical (unpaired) electrons. The number of fused-ring (bicyclic) bond motifs is 1. The zero-order chi connectivity index (χ0) is 9.26. The van der Waals surface area contributed by atoms with Crippen LogP contribution in [0.2, 0.25) is 0 Å². The molecule has 1 aliphatic heterocycles. The molecule has 1 aliphatic carbocycles. The number of hydrogen-bond donors (Lipinski definition) is 0. The van der Waals surface area contributed by atoms with Crippen LogP contribution in [0.15, 0.2) is 11.8 Å². The summed E-state index contributed by atoms with van der Waals surface area (Å²) in [5.74, 6) is 1.32. The van der Waals surface area contributed by atoms with E-state index in [0.717, 1.165) is 18.6 Å². The van der Waals surface area contributed by atoms with Crippen molar-refractivity contribution in [2.45, 2.75) is 25.9 Å².